The van der Waals surface area contributed by atoms with Gasteiger partial charge in [-0.1, -0.05) is 0 Å². The van der Waals surface area contributed by atoms with Gasteiger partial charge in [-0.3, -0.25) is 0 Å². The van der Waals surface area contributed by atoms with E-state index < -0.39 is 11.6 Å². The monoisotopic (exact) mass is 498 g/mol. The second-order valence-corrected chi connectivity index (χ2v) is 10.4. The lowest BCUT2D eigenvalue weighted by molar-refractivity contribution is 0.287. The van der Waals surface area contributed by atoms with E-state index in [4.69, 9.17) is 4.74 Å². The SMILES string of the molecule is CC(C)N1CCOc2c(F)cc(-c3nc(Cc4ncc(SC5CCNCC5)cn4)ncc3F)cc21. The maximum atomic E-state index is 14.9. The van der Waals surface area contributed by atoms with E-state index >= 15 is 0 Å². The summed E-state index contributed by atoms with van der Waals surface area (Å²) in [6.07, 6.45) is 7.26. The largest absolute Gasteiger partial charge is 0.486 e. The highest BCUT2D eigenvalue weighted by atomic mass is 32.2. The van der Waals surface area contributed by atoms with Crippen LogP contribution in [0.5, 0.6) is 5.75 Å². The van der Waals surface area contributed by atoms with Gasteiger partial charge in [-0.05, 0) is 51.9 Å². The Labute approximate surface area is 207 Å². The lowest BCUT2D eigenvalue weighted by Gasteiger charge is -2.34. The van der Waals surface area contributed by atoms with Crippen LogP contribution in [0.4, 0.5) is 14.5 Å². The summed E-state index contributed by atoms with van der Waals surface area (Å²) in [6, 6.07) is 3.14. The topological polar surface area (TPSA) is 76.1 Å². The van der Waals surface area contributed by atoms with Gasteiger partial charge < -0.3 is 15.0 Å². The van der Waals surface area contributed by atoms with Crippen LogP contribution in [0.2, 0.25) is 0 Å². The van der Waals surface area contributed by atoms with Crippen molar-refractivity contribution in [2.75, 3.05) is 31.1 Å². The number of anilines is 1. The summed E-state index contributed by atoms with van der Waals surface area (Å²) in [7, 11) is 0. The van der Waals surface area contributed by atoms with Crippen LogP contribution in [-0.2, 0) is 6.42 Å². The van der Waals surface area contributed by atoms with Crippen molar-refractivity contribution in [2.24, 2.45) is 0 Å². The second kappa shape index (κ2) is 10.4. The van der Waals surface area contributed by atoms with Gasteiger partial charge in [-0.2, -0.15) is 0 Å². The van der Waals surface area contributed by atoms with Gasteiger partial charge in [0.25, 0.3) is 0 Å². The minimum atomic E-state index is -0.615. The molecule has 0 spiro atoms. The molecule has 0 saturated carbocycles. The molecule has 0 amide bonds. The highest BCUT2D eigenvalue weighted by molar-refractivity contribution is 8.00. The molecule has 4 heterocycles. The highest BCUT2D eigenvalue weighted by Crippen LogP contribution is 2.39. The Morgan fingerprint density at radius 2 is 1.80 bits per heavy atom. The fourth-order valence-electron chi connectivity index (χ4n) is 4.41. The normalized spacial score (nSPS) is 16.3. The molecule has 1 fully saturated rings. The molecule has 0 unspecified atom stereocenters. The maximum Gasteiger partial charge on any atom is 0.178 e. The number of halogens is 2. The molecule has 1 saturated heterocycles. The summed E-state index contributed by atoms with van der Waals surface area (Å²) in [5.74, 6) is -0.0362. The Bertz CT molecular complexity index is 1190. The number of rotatable bonds is 6. The predicted molar refractivity (Wildman–Crippen MR) is 132 cm³/mol. The van der Waals surface area contributed by atoms with Gasteiger partial charge in [0, 0.05) is 34.1 Å². The van der Waals surface area contributed by atoms with Gasteiger partial charge in [0.2, 0.25) is 0 Å². The van der Waals surface area contributed by atoms with E-state index in [0.29, 0.717) is 41.3 Å². The molecule has 0 radical (unpaired) electrons. The van der Waals surface area contributed by atoms with Crippen molar-refractivity contribution in [3.63, 3.8) is 0 Å². The molecular formula is C25H28F2N6OS. The van der Waals surface area contributed by atoms with Gasteiger partial charge in [-0.15, -0.1) is 11.8 Å². The first-order chi connectivity index (χ1) is 17.0. The smallest absolute Gasteiger partial charge is 0.178 e. The summed E-state index contributed by atoms with van der Waals surface area (Å²) >= 11 is 1.80. The molecule has 2 aromatic heterocycles. The Balaban J connectivity index is 1.37. The molecule has 7 nitrogen and oxygen atoms in total. The molecular weight excluding hydrogens is 470 g/mol. The van der Waals surface area contributed by atoms with Crippen LogP contribution in [0.1, 0.15) is 38.3 Å². The molecule has 35 heavy (non-hydrogen) atoms. The van der Waals surface area contributed by atoms with E-state index in [2.05, 4.69) is 25.3 Å². The van der Waals surface area contributed by atoms with E-state index in [0.717, 1.165) is 37.0 Å². The molecule has 0 atom stereocenters. The van der Waals surface area contributed by atoms with Gasteiger partial charge in [0.15, 0.2) is 17.4 Å². The minimum Gasteiger partial charge on any atom is -0.486 e. The minimum absolute atomic E-state index is 0.0454. The quantitative estimate of drug-likeness (QED) is 0.541. The number of thioether (sulfide) groups is 1. The number of nitrogens with zero attached hydrogens (tertiary/aromatic N) is 5. The fraction of sp³-hybridized carbons (Fsp3) is 0.440. The van der Waals surface area contributed by atoms with Crippen LogP contribution in [-0.4, -0.2) is 57.5 Å². The Kier molecular flexibility index (Phi) is 7.10. The Morgan fingerprint density at radius 3 is 2.54 bits per heavy atom. The number of benzene rings is 1. The average Bonchev–Trinajstić information content (AvgIpc) is 2.86. The van der Waals surface area contributed by atoms with E-state index in [-0.39, 0.29) is 23.9 Å². The summed E-state index contributed by atoms with van der Waals surface area (Å²) < 4.78 is 35.2. The number of hydrogen-bond donors (Lipinski definition) is 1. The first-order valence-electron chi connectivity index (χ1n) is 11.9. The molecule has 1 N–H and O–H groups in total. The Morgan fingerprint density at radius 1 is 1.06 bits per heavy atom. The van der Waals surface area contributed by atoms with Gasteiger partial charge in [0.05, 0.1) is 24.8 Å². The lowest BCUT2D eigenvalue weighted by atomic mass is 10.1. The van der Waals surface area contributed by atoms with Crippen molar-refractivity contribution in [3.8, 4) is 17.0 Å². The third-order valence-electron chi connectivity index (χ3n) is 6.19. The average molecular weight is 499 g/mol. The van der Waals surface area contributed by atoms with Crippen molar-refractivity contribution in [1.82, 2.24) is 25.3 Å². The number of fused-ring (bicyclic) bond motifs is 1. The summed E-state index contributed by atoms with van der Waals surface area (Å²) in [6.45, 7) is 7.17. The molecule has 0 aliphatic carbocycles. The number of hydrogen-bond acceptors (Lipinski definition) is 8. The Hall–Kier alpha value is -2.85. The zero-order valence-electron chi connectivity index (χ0n) is 19.8. The number of nitrogens with one attached hydrogen (secondary N) is 1. The van der Waals surface area contributed by atoms with Crippen molar-refractivity contribution in [1.29, 1.82) is 0 Å². The van der Waals surface area contributed by atoms with Crippen LogP contribution >= 0.6 is 11.8 Å². The zero-order chi connectivity index (χ0) is 24.4. The molecule has 2 aliphatic heterocycles. The van der Waals surface area contributed by atoms with E-state index in [1.54, 1.807) is 17.8 Å². The number of ether oxygens (including phenoxy) is 1. The van der Waals surface area contributed by atoms with Crippen LogP contribution in [0.15, 0.2) is 35.6 Å². The predicted octanol–water partition coefficient (Wildman–Crippen LogP) is 4.25. The lowest BCUT2D eigenvalue weighted by Crippen LogP contribution is -2.38. The standard InChI is InChI=1S/C25H28F2N6OS/c1-15(2)33-7-8-34-25-19(26)9-16(10-21(25)33)24-20(27)14-31-23(32-24)11-22-29-12-18(13-30-22)35-17-3-5-28-6-4-17/h9-10,12-15,17,28H,3-8,11H2,1-2H3. The molecule has 3 aromatic rings. The van der Waals surface area contributed by atoms with Crippen LogP contribution in [0.25, 0.3) is 11.3 Å². The molecule has 1 aromatic carbocycles. The van der Waals surface area contributed by atoms with Gasteiger partial charge in [-0.25, -0.2) is 28.7 Å². The van der Waals surface area contributed by atoms with Crippen molar-refractivity contribution < 1.29 is 13.5 Å². The number of aromatic nitrogens is 4. The van der Waals surface area contributed by atoms with Crippen LogP contribution < -0.4 is 15.0 Å². The van der Waals surface area contributed by atoms with Crippen molar-refractivity contribution in [3.05, 3.63) is 54.0 Å². The highest BCUT2D eigenvalue weighted by Gasteiger charge is 2.26. The van der Waals surface area contributed by atoms with Crippen LogP contribution in [0.3, 0.4) is 0 Å². The van der Waals surface area contributed by atoms with E-state index in [1.165, 1.54) is 6.07 Å². The molecule has 184 valence electrons. The molecule has 2 aliphatic rings. The van der Waals surface area contributed by atoms with Crippen LogP contribution in [0, 0.1) is 11.6 Å². The first-order valence-corrected chi connectivity index (χ1v) is 12.8. The maximum absolute atomic E-state index is 14.9. The first kappa shape index (κ1) is 23.9. The van der Waals surface area contributed by atoms with Crippen molar-refractivity contribution >= 4 is 17.4 Å². The summed E-state index contributed by atoms with van der Waals surface area (Å²) in [5.41, 5.74) is 0.989. The summed E-state index contributed by atoms with van der Waals surface area (Å²) in [5, 5.41) is 3.94. The second-order valence-electron chi connectivity index (χ2n) is 9.00. The van der Waals surface area contributed by atoms with Crippen molar-refractivity contribution in [2.45, 2.75) is 49.3 Å². The zero-order valence-corrected chi connectivity index (χ0v) is 20.6. The van der Waals surface area contributed by atoms with E-state index in [1.807, 2.05) is 31.1 Å². The summed E-state index contributed by atoms with van der Waals surface area (Å²) in [4.78, 5) is 20.5. The third kappa shape index (κ3) is 5.38. The molecule has 10 heteroatoms. The van der Waals surface area contributed by atoms with Gasteiger partial charge >= 0.3 is 0 Å². The number of piperidine rings is 1. The molecule has 0 bridgehead atoms. The molecule has 5 rings (SSSR count). The fourth-order valence-corrected chi connectivity index (χ4v) is 5.49. The third-order valence-corrected chi connectivity index (χ3v) is 7.48. The van der Waals surface area contributed by atoms with E-state index in [9.17, 15) is 8.78 Å². The van der Waals surface area contributed by atoms with Gasteiger partial charge in [0.1, 0.15) is 23.9 Å².